The van der Waals surface area contributed by atoms with Gasteiger partial charge < -0.3 is 15.2 Å². The maximum absolute atomic E-state index is 13.4. The van der Waals surface area contributed by atoms with Crippen molar-refractivity contribution in [3.8, 4) is 11.5 Å². The number of hydrogen-bond donors (Lipinski definition) is 2. The van der Waals surface area contributed by atoms with Gasteiger partial charge in [0.2, 0.25) is 0 Å². The molecule has 0 aliphatic heterocycles. The van der Waals surface area contributed by atoms with Gasteiger partial charge >= 0.3 is 29.6 Å². The Morgan fingerprint density at radius 3 is 2.42 bits per heavy atom. The summed E-state index contributed by atoms with van der Waals surface area (Å²) in [6.45, 7) is 3.86. The van der Waals surface area contributed by atoms with E-state index < -0.39 is 26.7 Å². The molecule has 0 heterocycles. The molecule has 0 saturated carbocycles. The van der Waals surface area contributed by atoms with Gasteiger partial charge in [0.15, 0.2) is 0 Å². The standard InChI is InChI=1S/C27H23Cl2N3O6S.Na/c1-3-18-22(29)12-17(14-24(18)39(35,36)37)31-32-25-19-8-6-5-7-15(19)11-20(26(25)33)27(34)30-16-9-10-21(28)23(13-16)38-4-2;/h5-14,33H,3-4H2,1-2H3,(H,30,34)(H,35,36,37);/q;+1/p-1. The Balaban J connectivity index is 0.00000441. The number of ether oxygens (including phenoxy) is 1. The van der Waals surface area contributed by atoms with Crippen molar-refractivity contribution in [1.29, 1.82) is 0 Å². The van der Waals surface area contributed by atoms with E-state index in [1.807, 2.05) is 0 Å². The second-order valence-electron chi connectivity index (χ2n) is 8.29. The minimum atomic E-state index is -4.59. The van der Waals surface area contributed by atoms with E-state index in [2.05, 4.69) is 15.5 Å². The van der Waals surface area contributed by atoms with Gasteiger partial charge in [0, 0.05) is 27.7 Å². The van der Waals surface area contributed by atoms with Gasteiger partial charge in [-0.25, -0.2) is 0 Å². The van der Waals surface area contributed by atoms with Crippen molar-refractivity contribution in [3.05, 3.63) is 81.8 Å². The van der Waals surface area contributed by atoms with E-state index in [1.54, 1.807) is 56.3 Å². The van der Waals surface area contributed by atoms with Crippen LogP contribution in [0.25, 0.3) is 10.8 Å². The van der Waals surface area contributed by atoms with Crippen LogP contribution in [0.4, 0.5) is 17.1 Å². The first-order valence-corrected chi connectivity index (χ1v) is 13.9. The Kier molecular flexibility index (Phi) is 10.6. The van der Waals surface area contributed by atoms with Gasteiger partial charge in [0.05, 0.1) is 23.0 Å². The fourth-order valence-electron chi connectivity index (χ4n) is 3.96. The molecule has 202 valence electrons. The fourth-order valence-corrected chi connectivity index (χ4v) is 5.37. The third-order valence-electron chi connectivity index (χ3n) is 5.75. The quantitative estimate of drug-likeness (QED) is 0.175. The van der Waals surface area contributed by atoms with Crippen molar-refractivity contribution in [2.45, 2.75) is 25.2 Å². The SMILES string of the molecule is CCOc1cc(NC(=O)c2cc3ccccc3c(N=Nc3cc(Cl)c(CC)c(S(=O)(=O)O)c3)c2[O-])ccc1Cl.[Na+]. The molecule has 40 heavy (non-hydrogen) atoms. The van der Waals surface area contributed by atoms with Crippen LogP contribution in [0.1, 0.15) is 29.8 Å². The van der Waals surface area contributed by atoms with Crippen molar-refractivity contribution in [2.24, 2.45) is 10.2 Å². The predicted molar refractivity (Wildman–Crippen MR) is 149 cm³/mol. The third-order valence-corrected chi connectivity index (χ3v) is 7.31. The van der Waals surface area contributed by atoms with Gasteiger partial charge in [0.25, 0.3) is 16.0 Å². The zero-order valence-corrected chi connectivity index (χ0v) is 26.1. The average Bonchev–Trinajstić information content (AvgIpc) is 2.89. The summed E-state index contributed by atoms with van der Waals surface area (Å²) >= 11 is 12.3. The number of benzene rings is 4. The number of hydrogen-bond acceptors (Lipinski definition) is 7. The van der Waals surface area contributed by atoms with Crippen molar-refractivity contribution in [3.63, 3.8) is 0 Å². The number of fused-ring (bicyclic) bond motifs is 1. The number of carbonyl (C=O) groups excluding carboxylic acids is 1. The first-order valence-electron chi connectivity index (χ1n) is 11.7. The van der Waals surface area contributed by atoms with E-state index in [0.29, 0.717) is 33.8 Å². The van der Waals surface area contributed by atoms with E-state index >= 15 is 0 Å². The summed E-state index contributed by atoms with van der Waals surface area (Å²) in [5.41, 5.74) is 0.267. The van der Waals surface area contributed by atoms with Crippen molar-refractivity contribution < 1.29 is 57.2 Å². The van der Waals surface area contributed by atoms with Gasteiger partial charge in [-0.05, 0) is 54.6 Å². The molecule has 0 aliphatic carbocycles. The summed E-state index contributed by atoms with van der Waals surface area (Å²) in [4.78, 5) is 12.8. The predicted octanol–water partition coefficient (Wildman–Crippen LogP) is 4.10. The van der Waals surface area contributed by atoms with Gasteiger partial charge in [0.1, 0.15) is 10.6 Å². The molecule has 4 aromatic carbocycles. The van der Waals surface area contributed by atoms with E-state index in [1.165, 1.54) is 12.1 Å². The number of carbonyl (C=O) groups is 1. The molecule has 0 atom stereocenters. The maximum atomic E-state index is 13.4. The Bertz CT molecular complexity index is 1730. The summed E-state index contributed by atoms with van der Waals surface area (Å²) in [5, 5.41) is 25.6. The zero-order valence-electron chi connectivity index (χ0n) is 21.7. The molecule has 1 amide bonds. The van der Waals surface area contributed by atoms with E-state index in [9.17, 15) is 22.9 Å². The molecular weight excluding hydrogens is 588 g/mol. The number of rotatable bonds is 8. The second kappa shape index (κ2) is 13.3. The zero-order chi connectivity index (χ0) is 28.3. The molecule has 0 bridgehead atoms. The van der Waals surface area contributed by atoms with Gasteiger partial charge in [-0.2, -0.15) is 18.6 Å². The molecule has 0 aromatic heterocycles. The molecule has 2 N–H and O–H groups in total. The molecule has 9 nitrogen and oxygen atoms in total. The smallest absolute Gasteiger partial charge is 0.870 e. The average molecular weight is 610 g/mol. The van der Waals surface area contributed by atoms with Crippen LogP contribution in [-0.4, -0.2) is 25.5 Å². The second-order valence-corrected chi connectivity index (χ2v) is 10.5. The summed E-state index contributed by atoms with van der Waals surface area (Å²) in [6, 6.07) is 15.4. The van der Waals surface area contributed by atoms with Gasteiger partial charge in [-0.1, -0.05) is 60.1 Å². The molecule has 0 aliphatic rings. The van der Waals surface area contributed by atoms with Crippen LogP contribution in [0.3, 0.4) is 0 Å². The largest absolute Gasteiger partial charge is 1.00 e. The van der Waals surface area contributed by atoms with Crippen LogP contribution in [0.2, 0.25) is 10.0 Å². The first-order chi connectivity index (χ1) is 18.5. The number of amides is 1. The number of anilines is 1. The Hall–Kier alpha value is -2.70. The van der Waals surface area contributed by atoms with Crippen LogP contribution in [-0.2, 0) is 16.5 Å². The summed E-state index contributed by atoms with van der Waals surface area (Å²) < 4.78 is 38.9. The van der Waals surface area contributed by atoms with Crippen molar-refractivity contribution >= 4 is 67.1 Å². The molecular formula is C27H22Cl2N3NaO6S. The molecule has 0 saturated heterocycles. The van der Waals surface area contributed by atoms with Crippen LogP contribution in [0, 0.1) is 0 Å². The minimum Gasteiger partial charge on any atom is -0.870 e. The molecule has 0 fully saturated rings. The molecule has 13 heteroatoms. The molecule has 0 radical (unpaired) electrons. The van der Waals surface area contributed by atoms with Crippen molar-refractivity contribution in [2.75, 3.05) is 11.9 Å². The molecule has 0 spiro atoms. The summed E-state index contributed by atoms with van der Waals surface area (Å²) in [6.07, 6.45) is 0.248. The number of nitrogens with zero attached hydrogens (tertiary/aromatic N) is 2. The maximum Gasteiger partial charge on any atom is 1.00 e. The number of halogens is 2. The monoisotopic (exact) mass is 609 g/mol. The van der Waals surface area contributed by atoms with Crippen LogP contribution < -0.4 is 44.7 Å². The Morgan fingerprint density at radius 2 is 1.75 bits per heavy atom. The van der Waals surface area contributed by atoms with Crippen LogP contribution in [0.15, 0.2) is 75.8 Å². The Labute approximate surface area is 263 Å². The Morgan fingerprint density at radius 1 is 1.02 bits per heavy atom. The van der Waals surface area contributed by atoms with E-state index in [0.717, 1.165) is 6.07 Å². The minimum absolute atomic E-state index is 0. The van der Waals surface area contributed by atoms with Crippen LogP contribution >= 0.6 is 23.2 Å². The molecule has 4 rings (SSSR count). The topological polar surface area (TPSA) is 140 Å². The summed E-state index contributed by atoms with van der Waals surface area (Å²) in [5.74, 6) is -1.000. The molecule has 4 aromatic rings. The normalized spacial score (nSPS) is 11.4. The fraction of sp³-hybridized carbons (Fsp3) is 0.148. The summed E-state index contributed by atoms with van der Waals surface area (Å²) in [7, 11) is -4.59. The van der Waals surface area contributed by atoms with Crippen LogP contribution in [0.5, 0.6) is 11.5 Å². The van der Waals surface area contributed by atoms with Gasteiger partial charge in [-0.3, -0.25) is 9.35 Å². The van der Waals surface area contributed by atoms with Gasteiger partial charge in [-0.15, -0.1) is 0 Å². The number of nitrogens with one attached hydrogen (secondary N) is 1. The van der Waals surface area contributed by atoms with Crippen molar-refractivity contribution in [1.82, 2.24) is 0 Å². The third kappa shape index (κ3) is 6.95. The first kappa shape index (κ1) is 31.8. The molecule has 0 unspecified atom stereocenters. The van der Waals surface area contributed by atoms with E-state index in [4.69, 9.17) is 27.9 Å². The van der Waals surface area contributed by atoms with E-state index in [-0.39, 0.29) is 63.5 Å². The number of azo groups is 1.